The summed E-state index contributed by atoms with van der Waals surface area (Å²) in [5, 5.41) is 0. The predicted octanol–water partition coefficient (Wildman–Crippen LogP) is 4.75. The zero-order valence-corrected chi connectivity index (χ0v) is 16.1. The Morgan fingerprint density at radius 1 is 0.952 bits per heavy atom. The summed E-state index contributed by atoms with van der Waals surface area (Å²) in [7, 11) is -4.56. The minimum Gasteiger partial charge on any atom is -0.748 e. The Hall–Kier alpha value is 0.0800. The molecule has 0 rings (SSSR count). The molecule has 0 bridgehead atoms. The summed E-state index contributed by atoms with van der Waals surface area (Å²) < 4.78 is 28.8. The normalized spacial score (nSPS) is 11.7. The van der Waals surface area contributed by atoms with Gasteiger partial charge in [-0.2, -0.15) is 0 Å². The van der Waals surface area contributed by atoms with Crippen LogP contribution in [0.5, 0.6) is 0 Å². The van der Waals surface area contributed by atoms with Crippen LogP contribution in [0, 0.1) is 0 Å². The molecule has 0 radical (unpaired) electrons. The Kier molecular flexibility index (Phi) is 15.3. The van der Waals surface area contributed by atoms with Crippen LogP contribution < -0.4 is 0 Å². The lowest BCUT2D eigenvalue weighted by atomic mass is 10.4. The van der Waals surface area contributed by atoms with Gasteiger partial charge in [0.25, 0.3) is 0 Å². The zero-order valence-electron chi connectivity index (χ0n) is 14.4. The minimum absolute atomic E-state index is 0.479. The highest BCUT2D eigenvalue weighted by molar-refractivity contribution is 7.85. The summed E-state index contributed by atoms with van der Waals surface area (Å²) in [6.07, 6.45) is 14.3. The monoisotopic (exact) mass is 338 g/mol. The average molecular weight is 338 g/mol. The lowest BCUT2D eigenvalue weighted by Crippen LogP contribution is -2.07. The molecule has 0 aliphatic carbocycles. The number of rotatable bonds is 11. The second-order valence-electron chi connectivity index (χ2n) is 5.86. The molecule has 0 aliphatic rings. The van der Waals surface area contributed by atoms with Crippen LogP contribution in [0.4, 0.5) is 0 Å². The molecule has 5 heteroatoms. The molecule has 0 saturated heterocycles. The second kappa shape index (κ2) is 13.7. The lowest BCUT2D eigenvalue weighted by molar-refractivity contribution is 0.466. The van der Waals surface area contributed by atoms with Gasteiger partial charge in [-0.15, -0.1) is 6.58 Å². The van der Waals surface area contributed by atoms with Gasteiger partial charge in [-0.3, -0.25) is 0 Å². The van der Waals surface area contributed by atoms with Crippen LogP contribution >= 0.6 is 7.26 Å². The van der Waals surface area contributed by atoms with E-state index in [1.54, 1.807) is 18.5 Å². The summed E-state index contributed by atoms with van der Waals surface area (Å²) in [5.41, 5.74) is 0. The van der Waals surface area contributed by atoms with Crippen LogP contribution in [0.25, 0.3) is 0 Å². The zero-order chi connectivity index (χ0) is 16.8. The quantitative estimate of drug-likeness (QED) is 0.310. The molecule has 0 heterocycles. The van der Waals surface area contributed by atoms with Gasteiger partial charge >= 0.3 is 0 Å². The Morgan fingerprint density at radius 3 is 1.43 bits per heavy atom. The van der Waals surface area contributed by atoms with Crippen molar-refractivity contribution >= 4 is 17.4 Å². The van der Waals surface area contributed by atoms with Gasteiger partial charge in [-0.25, -0.2) is 8.42 Å². The van der Waals surface area contributed by atoms with Gasteiger partial charge in [-0.05, 0) is 19.3 Å². The van der Waals surface area contributed by atoms with Crippen LogP contribution in [-0.2, 0) is 10.1 Å². The van der Waals surface area contributed by atoms with Crippen molar-refractivity contribution < 1.29 is 13.0 Å². The molecule has 0 amide bonds. The average Bonchev–Trinajstić information content (AvgIpc) is 2.40. The van der Waals surface area contributed by atoms with E-state index in [4.69, 9.17) is 0 Å². The van der Waals surface area contributed by atoms with Crippen molar-refractivity contribution in [2.75, 3.05) is 30.9 Å². The van der Waals surface area contributed by atoms with Crippen molar-refractivity contribution in [2.45, 2.75) is 59.3 Å². The van der Waals surface area contributed by atoms with Gasteiger partial charge in [0.2, 0.25) is 0 Å². The van der Waals surface area contributed by atoms with Gasteiger partial charge in [0.15, 0.2) is 0 Å². The fourth-order valence-electron chi connectivity index (χ4n) is 2.10. The maximum absolute atomic E-state index is 9.60. The first-order valence-corrected chi connectivity index (χ1v) is 12.5. The summed E-state index contributed by atoms with van der Waals surface area (Å²) >= 11 is 0. The predicted molar refractivity (Wildman–Crippen MR) is 96.9 cm³/mol. The van der Waals surface area contributed by atoms with E-state index >= 15 is 0 Å². The Bertz CT molecular complexity index is 318. The number of unbranched alkanes of at least 4 members (excludes halogenated alkanes) is 3. The number of hydrogen-bond acceptors (Lipinski definition) is 3. The van der Waals surface area contributed by atoms with Crippen LogP contribution in [-0.4, -0.2) is 43.9 Å². The highest BCUT2D eigenvalue weighted by Crippen LogP contribution is 2.57. The molecule has 0 aliphatic heterocycles. The largest absolute Gasteiger partial charge is 0.748 e. The molecule has 0 N–H and O–H groups in total. The van der Waals surface area contributed by atoms with Crippen molar-refractivity contribution in [2.24, 2.45) is 0 Å². The molecule has 0 aromatic rings. The van der Waals surface area contributed by atoms with Gasteiger partial charge in [0, 0.05) is 13.9 Å². The van der Waals surface area contributed by atoms with Gasteiger partial charge < -0.3 is 4.55 Å². The summed E-state index contributed by atoms with van der Waals surface area (Å²) in [5.74, 6) is -0.479. The first-order chi connectivity index (χ1) is 9.74. The van der Waals surface area contributed by atoms with E-state index in [9.17, 15) is 13.0 Å². The molecule has 3 nitrogen and oxygen atoms in total. The molecule has 0 saturated carbocycles. The van der Waals surface area contributed by atoms with E-state index in [-0.39, 0.29) is 0 Å². The van der Waals surface area contributed by atoms with E-state index < -0.39 is 23.1 Å². The summed E-state index contributed by atoms with van der Waals surface area (Å²) in [6, 6.07) is 0. The van der Waals surface area contributed by atoms with E-state index in [1.807, 2.05) is 0 Å². The standard InChI is InChI=1S/C13H30P.C3H6O3S/c1-5-8-11-14(4,12-9-6-2)13-10-7-3;1-2-3-7(4,5)6/h5-13H2,1-4H3;2H,1,3H2,(H,4,5,6)/q+1;/p-1. The van der Waals surface area contributed by atoms with Crippen molar-refractivity contribution in [3.63, 3.8) is 0 Å². The molecular weight excluding hydrogens is 303 g/mol. The van der Waals surface area contributed by atoms with Crippen molar-refractivity contribution in [1.82, 2.24) is 0 Å². The molecular formula is C16H35O3PS. The highest BCUT2D eigenvalue weighted by Gasteiger charge is 2.28. The Labute approximate surface area is 133 Å². The lowest BCUT2D eigenvalue weighted by Gasteiger charge is -2.22. The molecule has 0 aromatic heterocycles. The SMILES string of the molecule is C=CCS(=O)(=O)[O-].CCCC[P+](C)(CCCC)CCCC. The topological polar surface area (TPSA) is 57.2 Å². The maximum Gasteiger partial charge on any atom is 0.0982 e. The molecule has 0 spiro atoms. The van der Waals surface area contributed by atoms with E-state index in [0.717, 1.165) is 6.08 Å². The smallest absolute Gasteiger partial charge is 0.0982 e. The first kappa shape index (κ1) is 23.3. The van der Waals surface area contributed by atoms with E-state index in [0.29, 0.717) is 0 Å². The van der Waals surface area contributed by atoms with E-state index in [2.05, 4.69) is 34.0 Å². The molecule has 0 unspecified atom stereocenters. The van der Waals surface area contributed by atoms with Crippen molar-refractivity contribution in [1.29, 1.82) is 0 Å². The third kappa shape index (κ3) is 18.0. The molecule has 0 aromatic carbocycles. The summed E-state index contributed by atoms with van der Waals surface area (Å²) in [6.45, 7) is 12.7. The fourth-order valence-corrected chi connectivity index (χ4v) is 6.30. The molecule has 0 atom stereocenters. The van der Waals surface area contributed by atoms with Gasteiger partial charge in [0.1, 0.15) is 0 Å². The van der Waals surface area contributed by atoms with Crippen molar-refractivity contribution in [3.8, 4) is 0 Å². The third-order valence-corrected chi connectivity index (χ3v) is 8.31. The van der Waals surface area contributed by atoms with Gasteiger partial charge in [-0.1, -0.05) is 46.1 Å². The molecule has 0 fully saturated rings. The van der Waals surface area contributed by atoms with Crippen LogP contribution in [0.3, 0.4) is 0 Å². The maximum atomic E-state index is 9.60. The van der Waals surface area contributed by atoms with E-state index in [1.165, 1.54) is 38.5 Å². The molecule has 21 heavy (non-hydrogen) atoms. The Balaban J connectivity index is 0. The van der Waals surface area contributed by atoms with Crippen LogP contribution in [0.15, 0.2) is 12.7 Å². The first-order valence-electron chi connectivity index (χ1n) is 8.12. The van der Waals surface area contributed by atoms with Crippen LogP contribution in [0.1, 0.15) is 59.3 Å². The van der Waals surface area contributed by atoms with Gasteiger partial charge in [0.05, 0.1) is 34.4 Å². The highest BCUT2D eigenvalue weighted by atomic mass is 32.2. The second-order valence-corrected chi connectivity index (χ2v) is 11.9. The fraction of sp³-hybridized carbons (Fsp3) is 0.875. The Morgan fingerprint density at radius 2 is 1.29 bits per heavy atom. The van der Waals surface area contributed by atoms with Crippen LogP contribution in [0.2, 0.25) is 0 Å². The molecule has 128 valence electrons. The van der Waals surface area contributed by atoms with Crippen molar-refractivity contribution in [3.05, 3.63) is 12.7 Å². The number of hydrogen-bond donors (Lipinski definition) is 0. The minimum atomic E-state index is -4.04. The summed E-state index contributed by atoms with van der Waals surface area (Å²) in [4.78, 5) is 0. The third-order valence-electron chi connectivity index (χ3n) is 3.48.